The Morgan fingerprint density at radius 2 is 2.16 bits per heavy atom. The van der Waals surface area contributed by atoms with Crippen molar-refractivity contribution in [2.24, 2.45) is 7.05 Å². The minimum absolute atomic E-state index is 0.479. The lowest BCUT2D eigenvalue weighted by molar-refractivity contribution is -0.139. The third kappa shape index (κ3) is 2.61. The molecule has 0 saturated carbocycles. The lowest BCUT2D eigenvalue weighted by Crippen LogP contribution is -2.26. The van der Waals surface area contributed by atoms with Crippen LogP contribution in [0.25, 0.3) is 11.0 Å². The van der Waals surface area contributed by atoms with Crippen LogP contribution in [0.4, 0.5) is 0 Å². The highest BCUT2D eigenvalue weighted by atomic mass is 16.4. The largest absolute Gasteiger partial charge is 0.481 e. The molecule has 1 aromatic carbocycles. The van der Waals surface area contributed by atoms with Crippen LogP contribution in [0.2, 0.25) is 0 Å². The van der Waals surface area contributed by atoms with Gasteiger partial charge in [-0.1, -0.05) is 6.07 Å². The maximum atomic E-state index is 11.4. The topological polar surface area (TPSA) is 58.4 Å². The van der Waals surface area contributed by atoms with Crippen molar-refractivity contribution >= 4 is 17.0 Å². The fourth-order valence-electron chi connectivity index (χ4n) is 2.25. The van der Waals surface area contributed by atoms with Gasteiger partial charge in [0, 0.05) is 13.6 Å². The number of aromatic nitrogens is 2. The number of carboxylic acids is 1. The average Bonchev–Trinajstić information content (AvgIpc) is 2.61. The highest BCUT2D eigenvalue weighted by Crippen LogP contribution is 2.22. The number of benzene rings is 1. The Bertz CT molecular complexity index is 616. The molecule has 2 rings (SSSR count). The molecule has 0 aliphatic rings. The van der Waals surface area contributed by atoms with Crippen molar-refractivity contribution in [3.05, 3.63) is 29.6 Å². The lowest BCUT2D eigenvalue weighted by atomic mass is 9.98. The van der Waals surface area contributed by atoms with E-state index in [4.69, 9.17) is 0 Å². The summed E-state index contributed by atoms with van der Waals surface area (Å²) in [5.74, 6) is -0.408. The molecule has 5 heteroatoms. The zero-order chi connectivity index (χ0) is 14.2. The monoisotopic (exact) mass is 261 g/mol. The van der Waals surface area contributed by atoms with Gasteiger partial charge in [-0.3, -0.25) is 4.79 Å². The first kappa shape index (κ1) is 13.5. The molecule has 0 amide bonds. The van der Waals surface area contributed by atoms with Gasteiger partial charge < -0.3 is 14.6 Å². The van der Waals surface area contributed by atoms with Crippen molar-refractivity contribution in [2.45, 2.75) is 12.8 Å². The van der Waals surface area contributed by atoms with E-state index < -0.39 is 11.9 Å². The number of carboxylic acid groups (broad SMARTS) is 1. The highest BCUT2D eigenvalue weighted by molar-refractivity contribution is 5.81. The highest BCUT2D eigenvalue weighted by Gasteiger charge is 2.21. The molecule has 0 saturated heterocycles. The predicted octanol–water partition coefficient (Wildman–Crippen LogP) is 1.61. The number of aliphatic carboxylic acids is 1. The van der Waals surface area contributed by atoms with E-state index in [1.54, 1.807) is 0 Å². The fraction of sp³-hybridized carbons (Fsp3) is 0.429. The molecule has 19 heavy (non-hydrogen) atoms. The van der Waals surface area contributed by atoms with E-state index in [0.717, 1.165) is 22.4 Å². The van der Waals surface area contributed by atoms with Crippen LogP contribution in [0.1, 0.15) is 17.3 Å². The minimum atomic E-state index is -0.805. The van der Waals surface area contributed by atoms with Crippen molar-refractivity contribution in [1.82, 2.24) is 14.5 Å². The van der Waals surface area contributed by atoms with E-state index in [9.17, 15) is 9.90 Å². The number of hydrogen-bond acceptors (Lipinski definition) is 3. The van der Waals surface area contributed by atoms with Crippen molar-refractivity contribution in [1.29, 1.82) is 0 Å². The summed E-state index contributed by atoms with van der Waals surface area (Å²) in [5, 5.41) is 9.36. The van der Waals surface area contributed by atoms with Crippen molar-refractivity contribution in [3.8, 4) is 0 Å². The summed E-state index contributed by atoms with van der Waals surface area (Å²) < 4.78 is 2.00. The van der Waals surface area contributed by atoms with E-state index in [-0.39, 0.29) is 0 Å². The van der Waals surface area contributed by atoms with Crippen LogP contribution in [0, 0.1) is 6.92 Å². The van der Waals surface area contributed by atoms with Gasteiger partial charge in [0.15, 0.2) is 0 Å². The molecule has 0 fully saturated rings. The van der Waals surface area contributed by atoms with Crippen LogP contribution in [-0.2, 0) is 11.8 Å². The SMILES string of the molecule is Cc1nc2cc(C(CN(C)C)C(=O)O)ccc2n1C. The number of fused-ring (bicyclic) bond motifs is 1. The van der Waals surface area contributed by atoms with Crippen LogP contribution < -0.4 is 0 Å². The molecule has 102 valence electrons. The molecule has 1 aromatic heterocycles. The van der Waals surface area contributed by atoms with E-state index in [1.165, 1.54) is 0 Å². The zero-order valence-corrected chi connectivity index (χ0v) is 11.7. The number of hydrogen-bond donors (Lipinski definition) is 1. The fourth-order valence-corrected chi connectivity index (χ4v) is 2.25. The number of likely N-dealkylation sites (N-methyl/N-ethyl adjacent to an activating group) is 1. The van der Waals surface area contributed by atoms with Gasteiger partial charge in [-0.2, -0.15) is 0 Å². The van der Waals surface area contributed by atoms with Crippen LogP contribution in [0.3, 0.4) is 0 Å². The van der Waals surface area contributed by atoms with Gasteiger partial charge >= 0.3 is 5.97 Å². The summed E-state index contributed by atoms with van der Waals surface area (Å²) in [6, 6.07) is 5.70. The minimum Gasteiger partial charge on any atom is -0.481 e. The lowest BCUT2D eigenvalue weighted by Gasteiger charge is -2.17. The summed E-state index contributed by atoms with van der Waals surface area (Å²) in [7, 11) is 5.71. The predicted molar refractivity (Wildman–Crippen MR) is 74.4 cm³/mol. The Labute approximate surface area is 112 Å². The van der Waals surface area contributed by atoms with Crippen LogP contribution in [0.5, 0.6) is 0 Å². The second-order valence-electron chi connectivity index (χ2n) is 5.12. The smallest absolute Gasteiger partial charge is 0.312 e. The molecule has 0 radical (unpaired) electrons. The average molecular weight is 261 g/mol. The third-order valence-electron chi connectivity index (χ3n) is 3.38. The van der Waals surface area contributed by atoms with Crippen LogP contribution in [-0.4, -0.2) is 46.2 Å². The molecule has 0 bridgehead atoms. The molecule has 1 heterocycles. The van der Waals surface area contributed by atoms with E-state index in [0.29, 0.717) is 6.54 Å². The normalized spacial score (nSPS) is 13.1. The van der Waals surface area contributed by atoms with E-state index in [1.807, 2.05) is 55.7 Å². The Hall–Kier alpha value is -1.88. The first-order chi connectivity index (χ1) is 8.90. The van der Waals surface area contributed by atoms with Gasteiger partial charge in [-0.25, -0.2) is 4.98 Å². The summed E-state index contributed by atoms with van der Waals surface area (Å²) in [6.45, 7) is 2.42. The van der Waals surface area contributed by atoms with Gasteiger partial charge in [0.05, 0.1) is 17.0 Å². The Morgan fingerprint density at radius 1 is 1.47 bits per heavy atom. The van der Waals surface area contributed by atoms with Crippen molar-refractivity contribution < 1.29 is 9.90 Å². The second kappa shape index (κ2) is 5.01. The quantitative estimate of drug-likeness (QED) is 0.908. The zero-order valence-electron chi connectivity index (χ0n) is 11.7. The summed E-state index contributed by atoms with van der Waals surface area (Å²) in [4.78, 5) is 17.7. The molecular weight excluding hydrogens is 242 g/mol. The number of carbonyl (C=O) groups is 1. The second-order valence-corrected chi connectivity index (χ2v) is 5.12. The number of imidazole rings is 1. The Morgan fingerprint density at radius 3 is 2.74 bits per heavy atom. The van der Waals surface area contributed by atoms with Crippen molar-refractivity contribution in [2.75, 3.05) is 20.6 Å². The number of aryl methyl sites for hydroxylation is 2. The molecule has 0 aliphatic heterocycles. The first-order valence-electron chi connectivity index (χ1n) is 6.20. The van der Waals surface area contributed by atoms with E-state index >= 15 is 0 Å². The van der Waals surface area contributed by atoms with E-state index in [2.05, 4.69) is 4.98 Å². The first-order valence-corrected chi connectivity index (χ1v) is 6.20. The van der Waals surface area contributed by atoms with Crippen molar-refractivity contribution in [3.63, 3.8) is 0 Å². The standard InChI is InChI=1S/C14H19N3O2/c1-9-15-12-7-10(5-6-13(12)17(9)4)11(14(18)19)8-16(2)3/h5-7,11H,8H2,1-4H3,(H,18,19). The Kier molecular flexibility index (Phi) is 3.57. The summed E-state index contributed by atoms with van der Waals surface area (Å²) >= 11 is 0. The molecule has 2 aromatic rings. The molecule has 1 atom stereocenters. The van der Waals surface area contributed by atoms with Gasteiger partial charge in [0.2, 0.25) is 0 Å². The van der Waals surface area contributed by atoms with Gasteiger partial charge in [0.25, 0.3) is 0 Å². The van der Waals surface area contributed by atoms with Crippen LogP contribution in [0.15, 0.2) is 18.2 Å². The molecule has 1 unspecified atom stereocenters. The summed E-state index contributed by atoms with van der Waals surface area (Å²) in [6.07, 6.45) is 0. The summed E-state index contributed by atoms with van der Waals surface area (Å²) in [5.41, 5.74) is 2.67. The van der Waals surface area contributed by atoms with Crippen LogP contribution >= 0.6 is 0 Å². The van der Waals surface area contributed by atoms with Gasteiger partial charge in [-0.05, 0) is 38.7 Å². The van der Waals surface area contributed by atoms with Gasteiger partial charge in [0.1, 0.15) is 5.82 Å². The number of rotatable bonds is 4. The molecule has 0 aliphatic carbocycles. The molecule has 1 N–H and O–H groups in total. The maximum Gasteiger partial charge on any atom is 0.312 e. The molecule has 5 nitrogen and oxygen atoms in total. The molecule has 0 spiro atoms. The molecular formula is C14H19N3O2. The van der Waals surface area contributed by atoms with Gasteiger partial charge in [-0.15, -0.1) is 0 Å². The third-order valence-corrected chi connectivity index (χ3v) is 3.38. The number of nitrogens with zero attached hydrogens (tertiary/aromatic N) is 3. The Balaban J connectivity index is 2.46. The maximum absolute atomic E-state index is 11.4.